The van der Waals surface area contributed by atoms with E-state index in [1.165, 1.54) is 6.07 Å². The highest BCUT2D eigenvalue weighted by atomic mass is 19.1. The Hall–Kier alpha value is -1.29. The molecule has 0 radical (unpaired) electrons. The van der Waals surface area contributed by atoms with Gasteiger partial charge < -0.3 is 15.5 Å². The van der Waals surface area contributed by atoms with Crippen LogP contribution in [0.1, 0.15) is 12.8 Å². The maximum absolute atomic E-state index is 13.3. The highest BCUT2D eigenvalue weighted by molar-refractivity contribution is 5.56. The van der Waals surface area contributed by atoms with Crippen LogP contribution in [-0.2, 0) is 0 Å². The van der Waals surface area contributed by atoms with Crippen LogP contribution in [0.5, 0.6) is 0 Å². The average Bonchev–Trinajstić information content (AvgIpc) is 2.27. The van der Waals surface area contributed by atoms with Crippen LogP contribution in [0, 0.1) is 11.7 Å². The van der Waals surface area contributed by atoms with Gasteiger partial charge in [-0.15, -0.1) is 0 Å². The predicted octanol–water partition coefficient (Wildman–Crippen LogP) is 2.19. The van der Waals surface area contributed by atoms with Crippen LogP contribution in [0.3, 0.4) is 0 Å². The molecule has 3 nitrogen and oxygen atoms in total. The first kappa shape index (κ1) is 13.1. The molecule has 0 bridgehead atoms. The number of nitrogen functional groups attached to an aromatic ring is 1. The monoisotopic (exact) mass is 251 g/mol. The van der Waals surface area contributed by atoms with Crippen molar-refractivity contribution in [1.82, 2.24) is 4.90 Å². The second kappa shape index (κ2) is 5.57. The zero-order valence-electron chi connectivity index (χ0n) is 11.2. The summed E-state index contributed by atoms with van der Waals surface area (Å²) in [6.07, 6.45) is 2.32. The molecule has 1 fully saturated rings. The van der Waals surface area contributed by atoms with Crippen LogP contribution in [0.2, 0.25) is 0 Å². The fourth-order valence-electron chi connectivity index (χ4n) is 2.67. The van der Waals surface area contributed by atoms with Crippen molar-refractivity contribution in [1.29, 1.82) is 0 Å². The third-order valence-corrected chi connectivity index (χ3v) is 3.51. The molecule has 18 heavy (non-hydrogen) atoms. The Bertz CT molecular complexity index is 378. The summed E-state index contributed by atoms with van der Waals surface area (Å²) in [6.45, 7) is 3.11. The summed E-state index contributed by atoms with van der Waals surface area (Å²) in [6, 6.07) is 4.79. The highest BCUT2D eigenvalue weighted by Crippen LogP contribution is 2.25. The van der Waals surface area contributed by atoms with E-state index >= 15 is 0 Å². The van der Waals surface area contributed by atoms with E-state index in [1.54, 1.807) is 6.07 Å². The first-order valence-electron chi connectivity index (χ1n) is 6.50. The van der Waals surface area contributed by atoms with Gasteiger partial charge in [-0.05, 0) is 51.1 Å². The van der Waals surface area contributed by atoms with Crippen molar-refractivity contribution < 1.29 is 4.39 Å². The van der Waals surface area contributed by atoms with Gasteiger partial charge in [-0.2, -0.15) is 0 Å². The number of rotatable bonds is 3. The molecular formula is C14H22FN3. The fraction of sp³-hybridized carbons (Fsp3) is 0.571. The van der Waals surface area contributed by atoms with E-state index in [0.717, 1.165) is 44.1 Å². The molecule has 1 aliphatic heterocycles. The van der Waals surface area contributed by atoms with Crippen LogP contribution in [0.25, 0.3) is 0 Å². The van der Waals surface area contributed by atoms with Crippen LogP contribution in [0.4, 0.5) is 15.8 Å². The Morgan fingerprint density at radius 1 is 1.28 bits per heavy atom. The molecule has 0 aliphatic carbocycles. The maximum atomic E-state index is 13.3. The molecule has 100 valence electrons. The zero-order valence-corrected chi connectivity index (χ0v) is 11.2. The molecule has 0 amide bonds. The molecule has 1 aliphatic rings. The molecule has 2 rings (SSSR count). The summed E-state index contributed by atoms with van der Waals surface area (Å²) < 4.78 is 13.3. The molecule has 0 aromatic heterocycles. The summed E-state index contributed by atoms with van der Waals surface area (Å²) in [5.74, 6) is 0.502. The normalized spacial score (nSPS) is 17.4. The van der Waals surface area contributed by atoms with Crippen molar-refractivity contribution in [2.24, 2.45) is 5.92 Å². The van der Waals surface area contributed by atoms with Gasteiger partial charge in [0.05, 0.1) is 0 Å². The molecule has 0 spiro atoms. The van der Waals surface area contributed by atoms with Gasteiger partial charge in [0.25, 0.3) is 0 Å². The number of hydrogen-bond donors (Lipinski definition) is 1. The Balaban J connectivity index is 1.96. The minimum Gasteiger partial charge on any atom is -0.399 e. The Kier molecular flexibility index (Phi) is 4.07. The van der Waals surface area contributed by atoms with Crippen molar-refractivity contribution in [3.63, 3.8) is 0 Å². The molecule has 2 N–H and O–H groups in total. The molecule has 4 heteroatoms. The Morgan fingerprint density at radius 2 is 1.94 bits per heavy atom. The molecule has 0 atom stereocenters. The van der Waals surface area contributed by atoms with Crippen molar-refractivity contribution in [3.8, 4) is 0 Å². The van der Waals surface area contributed by atoms with Gasteiger partial charge in [-0.25, -0.2) is 4.39 Å². The lowest BCUT2D eigenvalue weighted by molar-refractivity contribution is 0.285. The van der Waals surface area contributed by atoms with Crippen LogP contribution in [-0.4, -0.2) is 38.6 Å². The molecule has 1 heterocycles. The van der Waals surface area contributed by atoms with Crippen molar-refractivity contribution >= 4 is 11.4 Å². The van der Waals surface area contributed by atoms with Gasteiger partial charge in [0.15, 0.2) is 0 Å². The molecular weight excluding hydrogens is 229 g/mol. The van der Waals surface area contributed by atoms with E-state index in [-0.39, 0.29) is 5.82 Å². The van der Waals surface area contributed by atoms with E-state index in [9.17, 15) is 4.39 Å². The summed E-state index contributed by atoms with van der Waals surface area (Å²) >= 11 is 0. The van der Waals surface area contributed by atoms with E-state index in [2.05, 4.69) is 23.9 Å². The van der Waals surface area contributed by atoms with Gasteiger partial charge in [0.1, 0.15) is 5.82 Å². The lowest BCUT2D eigenvalue weighted by atomic mass is 9.96. The summed E-state index contributed by atoms with van der Waals surface area (Å²) in [5.41, 5.74) is 7.10. The summed E-state index contributed by atoms with van der Waals surface area (Å²) in [4.78, 5) is 4.46. The highest BCUT2D eigenvalue weighted by Gasteiger charge is 2.20. The fourth-order valence-corrected chi connectivity index (χ4v) is 2.67. The minimum absolute atomic E-state index is 0.250. The van der Waals surface area contributed by atoms with Crippen molar-refractivity contribution in [2.45, 2.75) is 12.8 Å². The average molecular weight is 251 g/mol. The van der Waals surface area contributed by atoms with Crippen molar-refractivity contribution in [3.05, 3.63) is 24.0 Å². The lowest BCUT2D eigenvalue weighted by Crippen LogP contribution is -2.37. The number of halogens is 1. The van der Waals surface area contributed by atoms with Gasteiger partial charge in [0.2, 0.25) is 0 Å². The number of anilines is 2. The van der Waals surface area contributed by atoms with E-state index in [0.29, 0.717) is 5.69 Å². The topological polar surface area (TPSA) is 32.5 Å². The number of hydrogen-bond acceptors (Lipinski definition) is 3. The number of piperidine rings is 1. The number of nitrogens with zero attached hydrogens (tertiary/aromatic N) is 2. The Labute approximate surface area is 108 Å². The van der Waals surface area contributed by atoms with E-state index < -0.39 is 0 Å². The third kappa shape index (κ3) is 3.35. The van der Waals surface area contributed by atoms with Crippen molar-refractivity contribution in [2.75, 3.05) is 44.4 Å². The lowest BCUT2D eigenvalue weighted by Gasteiger charge is -2.34. The van der Waals surface area contributed by atoms with Crippen LogP contribution < -0.4 is 10.6 Å². The molecule has 1 saturated heterocycles. The SMILES string of the molecule is CN(C)CC1CCN(c2cc(N)cc(F)c2)CC1. The largest absolute Gasteiger partial charge is 0.399 e. The van der Waals surface area contributed by atoms with Crippen LogP contribution in [0.15, 0.2) is 18.2 Å². The predicted molar refractivity (Wildman–Crippen MR) is 74.3 cm³/mol. The van der Waals surface area contributed by atoms with Gasteiger partial charge in [-0.3, -0.25) is 0 Å². The van der Waals surface area contributed by atoms with Gasteiger partial charge >= 0.3 is 0 Å². The van der Waals surface area contributed by atoms with E-state index in [1.807, 2.05) is 6.07 Å². The molecule has 1 aromatic rings. The molecule has 0 saturated carbocycles. The first-order valence-corrected chi connectivity index (χ1v) is 6.50. The quantitative estimate of drug-likeness (QED) is 0.836. The number of benzene rings is 1. The second-order valence-electron chi connectivity index (χ2n) is 5.44. The van der Waals surface area contributed by atoms with Gasteiger partial charge in [0, 0.05) is 31.0 Å². The van der Waals surface area contributed by atoms with Gasteiger partial charge in [-0.1, -0.05) is 0 Å². The molecule has 0 unspecified atom stereocenters. The number of nitrogens with two attached hydrogens (primary N) is 1. The Morgan fingerprint density at radius 3 is 2.50 bits per heavy atom. The molecule has 1 aromatic carbocycles. The standard InChI is InChI=1S/C14H22FN3/c1-17(2)10-11-3-5-18(6-4-11)14-8-12(15)7-13(16)9-14/h7-9,11H,3-6,10,16H2,1-2H3. The summed E-state index contributed by atoms with van der Waals surface area (Å²) in [5, 5.41) is 0. The first-order chi connectivity index (χ1) is 8.54. The smallest absolute Gasteiger partial charge is 0.127 e. The zero-order chi connectivity index (χ0) is 13.1. The minimum atomic E-state index is -0.250. The third-order valence-electron chi connectivity index (χ3n) is 3.51. The summed E-state index contributed by atoms with van der Waals surface area (Å²) in [7, 11) is 4.22. The van der Waals surface area contributed by atoms with E-state index in [4.69, 9.17) is 5.73 Å². The second-order valence-corrected chi connectivity index (χ2v) is 5.44. The maximum Gasteiger partial charge on any atom is 0.127 e. The van der Waals surface area contributed by atoms with Crippen LogP contribution >= 0.6 is 0 Å².